The van der Waals surface area contributed by atoms with Gasteiger partial charge in [0.05, 0.1) is 34.2 Å². The van der Waals surface area contributed by atoms with Crippen LogP contribution in [0.2, 0.25) is 0 Å². The minimum Gasteiger partial charge on any atom is -0.256 e. The summed E-state index contributed by atoms with van der Waals surface area (Å²) in [5, 5.41) is 0. The number of nitrogens with zero attached hydrogens (tertiary/aromatic N) is 6. The Morgan fingerprint density at radius 2 is 0.714 bits per heavy atom. The summed E-state index contributed by atoms with van der Waals surface area (Å²) in [4.78, 5) is 29.4. The van der Waals surface area contributed by atoms with Crippen LogP contribution < -0.4 is 0 Å². The molecule has 0 atom stereocenters. The van der Waals surface area contributed by atoms with Crippen LogP contribution in [0.1, 0.15) is 5.56 Å². The van der Waals surface area contributed by atoms with Gasteiger partial charge in [-0.3, -0.25) is 29.9 Å². The largest absolute Gasteiger partial charge is 0.256 e. The zero-order valence-corrected chi connectivity index (χ0v) is 24.5. The Kier molecular flexibility index (Phi) is 7.31. The molecule has 0 unspecified atom stereocenters. The number of halogens is 1. The number of rotatable bonds is 6. The average Bonchev–Trinajstić information content (AvgIpc) is 3.09. The molecule has 0 saturated heterocycles. The zero-order chi connectivity index (χ0) is 28.1. The maximum Gasteiger partial charge on any atom is 0.0772 e. The molecule has 0 aliphatic carbocycles. The molecule has 7 heteroatoms. The van der Waals surface area contributed by atoms with Crippen LogP contribution in [-0.4, -0.2) is 34.6 Å². The number of hydrogen-bond acceptors (Lipinski definition) is 6. The van der Waals surface area contributed by atoms with Crippen LogP contribution >= 0.6 is 20.7 Å². The van der Waals surface area contributed by atoms with Crippen molar-refractivity contribution in [3.05, 3.63) is 138 Å². The van der Waals surface area contributed by atoms with Gasteiger partial charge in [0.25, 0.3) is 0 Å². The van der Waals surface area contributed by atoms with E-state index in [0.717, 1.165) is 67.6 Å². The predicted molar refractivity (Wildman–Crippen MR) is 178 cm³/mol. The van der Waals surface area contributed by atoms with E-state index in [-0.39, 0.29) is 20.7 Å². The molecule has 200 valence electrons. The monoisotopic (exact) mass is 654 g/mol. The minimum atomic E-state index is -0.320. The molecule has 1 aliphatic rings. The normalized spacial score (nSPS) is 12.4. The Morgan fingerprint density at radius 3 is 0.976 bits per heavy atom. The number of aliphatic imine (C=N–C) groups is 1. The highest BCUT2D eigenvalue weighted by Gasteiger charge is 2.32. The minimum absolute atomic E-state index is 0.320. The predicted octanol–water partition coefficient (Wildman–Crippen LogP) is 8.04. The lowest BCUT2D eigenvalue weighted by Gasteiger charge is -2.26. The fraction of sp³-hybridized carbons (Fsp3) is 0. The number of pyridine rings is 5. The van der Waals surface area contributed by atoms with E-state index in [1.165, 1.54) is 0 Å². The Morgan fingerprint density at radius 1 is 0.381 bits per heavy atom. The van der Waals surface area contributed by atoms with Gasteiger partial charge >= 0.3 is 0 Å². The summed E-state index contributed by atoms with van der Waals surface area (Å²) in [6.45, 7) is 0. The van der Waals surface area contributed by atoms with Crippen molar-refractivity contribution < 1.29 is 0 Å². The number of hydrogen-bond donors (Lipinski definition) is 0. The topological polar surface area (TPSA) is 76.8 Å². The van der Waals surface area contributed by atoms with E-state index in [4.69, 9.17) is 29.9 Å². The molecule has 5 aromatic heterocycles. The quantitative estimate of drug-likeness (QED) is 0.170. The first kappa shape index (κ1) is 25.9. The Balaban J connectivity index is 1.81. The van der Waals surface area contributed by atoms with Crippen LogP contribution in [0.3, 0.4) is 0 Å². The molecule has 0 bridgehead atoms. The van der Waals surface area contributed by atoms with E-state index in [0.29, 0.717) is 0 Å². The van der Waals surface area contributed by atoms with Gasteiger partial charge in [-0.05, 0) is 68.8 Å². The van der Waals surface area contributed by atoms with Crippen molar-refractivity contribution >= 4 is 30.5 Å². The SMILES string of the molecule is C1=CI=CC(c2c(-c3ccccn3)c(-c3ccccn3)c(-c3ccccn3)c(-c3ccccn3)c2-c2ccccn2)=N1. The molecule has 7 rings (SSSR count). The second-order valence-corrected chi connectivity index (χ2v) is 11.4. The van der Waals surface area contributed by atoms with Gasteiger partial charge in [0.15, 0.2) is 0 Å². The zero-order valence-electron chi connectivity index (χ0n) is 22.3. The highest BCUT2D eigenvalue weighted by Crippen LogP contribution is 2.51. The van der Waals surface area contributed by atoms with Crippen molar-refractivity contribution in [1.82, 2.24) is 24.9 Å². The van der Waals surface area contributed by atoms with E-state index in [1.807, 2.05) is 128 Å². The van der Waals surface area contributed by atoms with E-state index in [9.17, 15) is 0 Å². The second kappa shape index (κ2) is 11.8. The summed E-state index contributed by atoms with van der Waals surface area (Å²) in [6, 6.07) is 29.9. The van der Waals surface area contributed by atoms with Gasteiger partial charge < -0.3 is 0 Å². The summed E-state index contributed by atoms with van der Waals surface area (Å²) < 4.78 is 4.42. The first-order valence-corrected chi connectivity index (χ1v) is 15.9. The van der Waals surface area contributed by atoms with E-state index in [1.54, 1.807) is 0 Å². The van der Waals surface area contributed by atoms with Crippen LogP contribution in [0.25, 0.3) is 56.3 Å². The highest BCUT2D eigenvalue weighted by molar-refractivity contribution is 14.2. The van der Waals surface area contributed by atoms with Crippen molar-refractivity contribution in [3.8, 4) is 56.3 Å². The second-order valence-electron chi connectivity index (χ2n) is 9.35. The van der Waals surface area contributed by atoms with Crippen molar-refractivity contribution in [2.45, 2.75) is 0 Å². The fourth-order valence-corrected chi connectivity index (χ4v) is 6.59. The molecular weight excluding hydrogens is 631 g/mol. The van der Waals surface area contributed by atoms with Crippen molar-refractivity contribution in [2.24, 2.45) is 4.99 Å². The van der Waals surface area contributed by atoms with Crippen molar-refractivity contribution in [1.29, 1.82) is 0 Å². The van der Waals surface area contributed by atoms with E-state index >= 15 is 0 Å². The molecule has 0 saturated carbocycles. The summed E-state index contributed by atoms with van der Waals surface area (Å²) >= 11 is -0.320. The maximum absolute atomic E-state index is 4.94. The van der Waals surface area contributed by atoms with Crippen LogP contribution in [-0.2, 0) is 0 Å². The lowest BCUT2D eigenvalue weighted by atomic mass is 9.78. The van der Waals surface area contributed by atoms with Gasteiger partial charge in [0.2, 0.25) is 0 Å². The smallest absolute Gasteiger partial charge is 0.0772 e. The Hall–Kier alpha value is -5.02. The number of benzene rings is 1. The molecule has 6 aromatic rings. The van der Waals surface area contributed by atoms with Crippen molar-refractivity contribution in [2.75, 3.05) is 0 Å². The lowest BCUT2D eigenvalue weighted by molar-refractivity contribution is 1.26. The van der Waals surface area contributed by atoms with E-state index < -0.39 is 0 Å². The molecule has 6 heterocycles. The highest BCUT2D eigenvalue weighted by atomic mass is 127. The molecular formula is C35H23IN6. The van der Waals surface area contributed by atoms with Crippen molar-refractivity contribution in [3.63, 3.8) is 0 Å². The fourth-order valence-electron chi connectivity index (χ4n) is 5.22. The molecule has 1 aliphatic heterocycles. The third kappa shape index (κ3) is 4.88. The van der Waals surface area contributed by atoms with Gasteiger partial charge in [-0.25, -0.2) is 0 Å². The van der Waals surface area contributed by atoms with Gasteiger partial charge in [0.1, 0.15) is 0 Å². The molecule has 0 amide bonds. The molecule has 1 aromatic carbocycles. The van der Waals surface area contributed by atoms with Gasteiger partial charge in [-0.1, -0.05) is 51.1 Å². The maximum atomic E-state index is 4.94. The third-order valence-electron chi connectivity index (χ3n) is 6.87. The van der Waals surface area contributed by atoms with Crippen LogP contribution in [0.4, 0.5) is 0 Å². The first-order chi connectivity index (χ1) is 20.9. The van der Waals surface area contributed by atoms with Crippen LogP contribution in [0.5, 0.6) is 0 Å². The van der Waals surface area contributed by atoms with Crippen LogP contribution in [0.15, 0.2) is 137 Å². The molecule has 6 nitrogen and oxygen atoms in total. The van der Waals surface area contributed by atoms with E-state index in [2.05, 4.69) is 8.09 Å². The summed E-state index contributed by atoms with van der Waals surface area (Å²) in [5.74, 6) is 0. The summed E-state index contributed by atoms with van der Waals surface area (Å²) in [5.41, 5.74) is 10.6. The molecule has 0 fully saturated rings. The van der Waals surface area contributed by atoms with Gasteiger partial charge in [0, 0.05) is 70.6 Å². The van der Waals surface area contributed by atoms with Gasteiger partial charge in [-0.2, -0.15) is 0 Å². The summed E-state index contributed by atoms with van der Waals surface area (Å²) in [6.07, 6.45) is 11.0. The Labute approximate surface area is 253 Å². The number of aromatic nitrogens is 5. The van der Waals surface area contributed by atoms with Gasteiger partial charge in [-0.15, -0.1) is 0 Å². The Bertz CT molecular complexity index is 1840. The first-order valence-electron chi connectivity index (χ1n) is 13.4. The summed E-state index contributed by atoms with van der Waals surface area (Å²) in [7, 11) is 0. The molecule has 0 spiro atoms. The average molecular weight is 655 g/mol. The van der Waals surface area contributed by atoms with Crippen LogP contribution in [0, 0.1) is 0 Å². The molecule has 42 heavy (non-hydrogen) atoms. The molecule has 0 radical (unpaired) electrons. The standard InChI is InChI=1S/C35H23IN6/c1-6-17-37-24(11-1)30-31(25-12-2-7-18-38-25)33(27-14-4-9-20-40-27)35(29-23-36-16-22-42-29)34(28-15-5-10-21-41-28)32(30)26-13-3-8-19-39-26/h1-23H. The lowest BCUT2D eigenvalue weighted by Crippen LogP contribution is -2.13. The third-order valence-corrected chi connectivity index (χ3v) is 8.56. The molecule has 0 N–H and O–H groups in total.